The third-order valence-corrected chi connectivity index (χ3v) is 8.32. The molecule has 2 aromatic rings. The Labute approximate surface area is 228 Å². The van der Waals surface area contributed by atoms with Gasteiger partial charge in [-0.25, -0.2) is 13.6 Å². The molecule has 1 spiro atoms. The van der Waals surface area contributed by atoms with Crippen LogP contribution in [-0.2, 0) is 9.59 Å². The second-order valence-corrected chi connectivity index (χ2v) is 12.2. The van der Waals surface area contributed by atoms with Crippen LogP contribution in [0, 0.1) is 23.0 Å². The van der Waals surface area contributed by atoms with E-state index in [0.717, 1.165) is 22.4 Å². The highest BCUT2D eigenvalue weighted by Crippen LogP contribution is 2.46. The van der Waals surface area contributed by atoms with E-state index in [4.69, 9.17) is 0 Å². The first-order valence-electron chi connectivity index (χ1n) is 13.6. The van der Waals surface area contributed by atoms with E-state index < -0.39 is 11.6 Å². The number of carbonyl (C=O) groups is 3. The summed E-state index contributed by atoms with van der Waals surface area (Å²) in [6.07, 6.45) is 2.13. The van der Waals surface area contributed by atoms with Gasteiger partial charge in [-0.05, 0) is 66.0 Å². The van der Waals surface area contributed by atoms with E-state index in [1.54, 1.807) is 29.2 Å². The molecule has 2 aliphatic heterocycles. The van der Waals surface area contributed by atoms with Gasteiger partial charge in [-0.3, -0.25) is 19.4 Å². The van der Waals surface area contributed by atoms with E-state index in [9.17, 15) is 23.2 Å². The van der Waals surface area contributed by atoms with Gasteiger partial charge in [0, 0.05) is 26.2 Å². The van der Waals surface area contributed by atoms with E-state index in [-0.39, 0.29) is 47.4 Å². The Morgan fingerprint density at radius 2 is 1.46 bits per heavy atom. The number of benzene rings is 2. The number of nitrogens with one attached hydrogen (secondary N) is 1. The first-order chi connectivity index (χ1) is 18.5. The van der Waals surface area contributed by atoms with Crippen LogP contribution in [0.2, 0.25) is 0 Å². The molecule has 1 saturated carbocycles. The van der Waals surface area contributed by atoms with Crippen LogP contribution in [0.1, 0.15) is 57.2 Å². The van der Waals surface area contributed by atoms with E-state index in [1.807, 2.05) is 0 Å². The van der Waals surface area contributed by atoms with Gasteiger partial charge in [0.1, 0.15) is 23.7 Å². The Balaban J connectivity index is 1.26. The summed E-state index contributed by atoms with van der Waals surface area (Å²) in [7, 11) is 0. The molecule has 7 nitrogen and oxygen atoms in total. The Hall–Kier alpha value is -3.33. The molecule has 208 valence electrons. The van der Waals surface area contributed by atoms with Gasteiger partial charge in [-0.1, -0.05) is 45.0 Å². The smallest absolute Gasteiger partial charge is 0.325 e. The number of halogens is 2. The summed E-state index contributed by atoms with van der Waals surface area (Å²) in [6, 6.07) is 11.8. The lowest BCUT2D eigenvalue weighted by Gasteiger charge is -2.44. The summed E-state index contributed by atoms with van der Waals surface area (Å²) in [6.45, 7) is 7.93. The summed E-state index contributed by atoms with van der Waals surface area (Å²) in [5.41, 5.74) is 0.728. The van der Waals surface area contributed by atoms with Crippen LogP contribution in [0.4, 0.5) is 13.6 Å². The number of rotatable bonds is 5. The van der Waals surface area contributed by atoms with Crippen molar-refractivity contribution in [2.24, 2.45) is 11.3 Å². The Morgan fingerprint density at radius 3 is 1.97 bits per heavy atom. The van der Waals surface area contributed by atoms with Crippen molar-refractivity contribution < 1.29 is 23.2 Å². The summed E-state index contributed by atoms with van der Waals surface area (Å²) >= 11 is 0. The molecule has 9 heteroatoms. The molecule has 0 radical (unpaired) electrons. The van der Waals surface area contributed by atoms with Gasteiger partial charge in [0.15, 0.2) is 0 Å². The Morgan fingerprint density at radius 1 is 0.923 bits per heavy atom. The zero-order valence-corrected chi connectivity index (χ0v) is 22.8. The monoisotopic (exact) mass is 538 g/mol. The molecule has 3 aliphatic rings. The van der Waals surface area contributed by atoms with Gasteiger partial charge in [0.05, 0.1) is 6.04 Å². The van der Waals surface area contributed by atoms with Crippen LogP contribution >= 0.6 is 0 Å². The molecule has 2 unspecified atom stereocenters. The molecule has 2 heterocycles. The first kappa shape index (κ1) is 27.2. The van der Waals surface area contributed by atoms with Crippen molar-refractivity contribution in [1.29, 1.82) is 0 Å². The maximum Gasteiger partial charge on any atom is 0.325 e. The fourth-order valence-corrected chi connectivity index (χ4v) is 7.02. The van der Waals surface area contributed by atoms with Crippen molar-refractivity contribution in [3.8, 4) is 0 Å². The van der Waals surface area contributed by atoms with E-state index in [0.29, 0.717) is 39.0 Å². The van der Waals surface area contributed by atoms with Crippen molar-refractivity contribution in [2.45, 2.75) is 51.6 Å². The van der Waals surface area contributed by atoms with Gasteiger partial charge in [0.2, 0.25) is 5.91 Å². The molecule has 1 N–H and O–H groups in total. The van der Waals surface area contributed by atoms with Crippen LogP contribution in [-0.4, -0.2) is 70.8 Å². The number of carbonyl (C=O) groups excluding carboxylic acids is 3. The fraction of sp³-hybridized carbons (Fsp3) is 0.500. The standard InChI is InChI=1S/C30H36F2N4O3/c1-20-16-29(2,3)19-30(17-20)27(38)36(28(39)33-30)18-25(37)34-12-14-35(15-13-34)26(21-4-8-23(31)9-5-21)22-6-10-24(32)11-7-22/h4-11,20,26H,12-19H2,1-3H3,(H,33,39). The van der Waals surface area contributed by atoms with Crippen molar-refractivity contribution in [1.82, 2.24) is 20.0 Å². The molecule has 5 rings (SSSR count). The predicted octanol–water partition coefficient (Wildman–Crippen LogP) is 4.34. The van der Waals surface area contributed by atoms with Gasteiger partial charge >= 0.3 is 6.03 Å². The number of hydrogen-bond acceptors (Lipinski definition) is 4. The number of hydrogen-bond donors (Lipinski definition) is 1. The lowest BCUT2D eigenvalue weighted by atomic mass is 9.64. The molecule has 4 amide bonds. The maximum atomic E-state index is 13.6. The quantitative estimate of drug-likeness (QED) is 0.575. The Kier molecular flexibility index (Phi) is 7.22. The Bertz CT molecular complexity index is 1200. The molecular weight excluding hydrogens is 502 g/mol. The van der Waals surface area contributed by atoms with Gasteiger partial charge in [-0.2, -0.15) is 0 Å². The lowest BCUT2D eigenvalue weighted by molar-refractivity contribution is -0.141. The average molecular weight is 539 g/mol. The van der Waals surface area contributed by atoms with E-state index >= 15 is 0 Å². The van der Waals surface area contributed by atoms with Gasteiger partial charge in [-0.15, -0.1) is 0 Å². The van der Waals surface area contributed by atoms with Crippen molar-refractivity contribution >= 4 is 17.8 Å². The van der Waals surface area contributed by atoms with E-state index in [1.165, 1.54) is 24.3 Å². The molecule has 2 aromatic carbocycles. The number of amides is 4. The van der Waals surface area contributed by atoms with Crippen LogP contribution in [0.3, 0.4) is 0 Å². The second kappa shape index (κ2) is 10.3. The number of nitrogens with zero attached hydrogens (tertiary/aromatic N) is 3. The molecule has 2 saturated heterocycles. The zero-order chi connectivity index (χ0) is 27.9. The van der Waals surface area contributed by atoms with Crippen molar-refractivity contribution in [3.63, 3.8) is 0 Å². The number of imide groups is 1. The van der Waals surface area contributed by atoms with E-state index in [2.05, 4.69) is 31.0 Å². The summed E-state index contributed by atoms with van der Waals surface area (Å²) in [5, 5.41) is 2.93. The molecular formula is C30H36F2N4O3. The summed E-state index contributed by atoms with van der Waals surface area (Å²) < 4.78 is 27.2. The topological polar surface area (TPSA) is 73.0 Å². The largest absolute Gasteiger partial charge is 0.339 e. The van der Waals surface area contributed by atoms with Crippen LogP contribution in [0.5, 0.6) is 0 Å². The lowest BCUT2D eigenvalue weighted by Crippen LogP contribution is -2.55. The van der Waals surface area contributed by atoms with Gasteiger partial charge in [0.25, 0.3) is 5.91 Å². The van der Waals surface area contributed by atoms with Gasteiger partial charge < -0.3 is 10.2 Å². The molecule has 39 heavy (non-hydrogen) atoms. The summed E-state index contributed by atoms with van der Waals surface area (Å²) in [4.78, 5) is 44.5. The minimum Gasteiger partial charge on any atom is -0.339 e. The molecule has 2 atom stereocenters. The first-order valence-corrected chi connectivity index (χ1v) is 13.6. The van der Waals surface area contributed by atoms with Crippen LogP contribution in [0.15, 0.2) is 48.5 Å². The molecule has 3 fully saturated rings. The molecule has 0 bridgehead atoms. The minimum atomic E-state index is -0.936. The fourth-order valence-electron chi connectivity index (χ4n) is 7.02. The highest BCUT2D eigenvalue weighted by atomic mass is 19.1. The average Bonchev–Trinajstić information content (AvgIpc) is 3.08. The number of urea groups is 1. The zero-order valence-electron chi connectivity index (χ0n) is 22.8. The highest BCUT2D eigenvalue weighted by Gasteiger charge is 2.56. The number of piperazine rings is 1. The second-order valence-electron chi connectivity index (χ2n) is 12.2. The van der Waals surface area contributed by atoms with Crippen molar-refractivity contribution in [3.05, 3.63) is 71.3 Å². The SMILES string of the molecule is CC1CC(C)(C)CC2(C1)NC(=O)N(CC(=O)N1CCN(C(c3ccc(F)cc3)c3ccc(F)cc3)CC1)C2=O. The minimum absolute atomic E-state index is 0.0808. The third-order valence-electron chi connectivity index (χ3n) is 8.32. The normalized spacial score (nSPS) is 25.4. The molecule has 0 aromatic heterocycles. The maximum absolute atomic E-state index is 13.6. The van der Waals surface area contributed by atoms with Crippen LogP contribution in [0.25, 0.3) is 0 Å². The third kappa shape index (κ3) is 5.55. The van der Waals surface area contributed by atoms with Crippen molar-refractivity contribution in [2.75, 3.05) is 32.7 Å². The highest BCUT2D eigenvalue weighted by molar-refractivity contribution is 6.09. The molecule has 1 aliphatic carbocycles. The predicted molar refractivity (Wildman–Crippen MR) is 143 cm³/mol. The van der Waals surface area contributed by atoms with Crippen LogP contribution < -0.4 is 5.32 Å². The summed E-state index contributed by atoms with van der Waals surface area (Å²) in [5.74, 6) is -0.941.